The number of carbonyl (C=O) groups is 1. The van der Waals surface area contributed by atoms with E-state index in [2.05, 4.69) is 21.0 Å². The molecule has 2 N–H and O–H groups in total. The van der Waals surface area contributed by atoms with Gasteiger partial charge in [0.1, 0.15) is 5.69 Å². The van der Waals surface area contributed by atoms with Crippen LogP contribution in [-0.2, 0) is 0 Å². The van der Waals surface area contributed by atoms with E-state index in [0.717, 1.165) is 0 Å². The minimum Gasteiger partial charge on any atom is -0.319 e. The Morgan fingerprint density at radius 1 is 1.60 bits per heavy atom. The van der Waals surface area contributed by atoms with E-state index in [4.69, 9.17) is 5.73 Å². The molecular weight excluding hydrogens is 258 g/mol. The third-order valence-corrected chi connectivity index (χ3v) is 2.62. The molecule has 5 heteroatoms. The number of Topliss-reactive ketones (excluding diaryl/α,β-unsaturated/α-hetero) is 1. The normalized spacial score (nSPS) is 12.2. The molecule has 1 heterocycles. The Morgan fingerprint density at radius 2 is 2.13 bits per heavy atom. The lowest BCUT2D eigenvalue weighted by molar-refractivity contribution is 0.0899. The summed E-state index contributed by atoms with van der Waals surface area (Å²) in [6.45, 7) is 7.33. The maximum absolute atomic E-state index is 12.1. The molecule has 0 aromatic carbocycles. The lowest BCUT2D eigenvalue weighted by Crippen LogP contribution is -2.42. The molecule has 1 aromatic heterocycles. The highest BCUT2D eigenvalue weighted by Crippen LogP contribution is 2.23. The number of hydrogen-bond acceptors (Lipinski definition) is 3. The average Bonchev–Trinajstić information content (AvgIpc) is 2.44. The van der Waals surface area contributed by atoms with Crippen molar-refractivity contribution in [3.63, 3.8) is 0 Å². The lowest BCUT2D eigenvalue weighted by Gasteiger charge is -2.19. The zero-order valence-electron chi connectivity index (χ0n) is 9.41. The smallest absolute Gasteiger partial charge is 0.201 e. The fourth-order valence-corrected chi connectivity index (χ4v) is 1.70. The molecule has 0 bridgehead atoms. The van der Waals surface area contributed by atoms with Gasteiger partial charge in [-0.25, -0.2) is 0 Å². The first-order valence-corrected chi connectivity index (χ1v) is 5.61. The number of carbonyl (C=O) groups excluding carboxylic acids is 1. The molecule has 0 radical (unpaired) electrons. The van der Waals surface area contributed by atoms with E-state index in [9.17, 15) is 4.79 Å². The Morgan fingerprint density at radius 3 is 2.53 bits per heavy atom. The van der Waals surface area contributed by atoms with Crippen LogP contribution in [0.4, 0.5) is 0 Å². The Labute approximate surface area is 98.0 Å². The number of ketones is 1. The van der Waals surface area contributed by atoms with Gasteiger partial charge in [-0.1, -0.05) is 0 Å². The quantitative estimate of drug-likeness (QED) is 0.859. The molecule has 1 aromatic rings. The van der Waals surface area contributed by atoms with Crippen LogP contribution in [0.5, 0.6) is 0 Å². The van der Waals surface area contributed by atoms with E-state index in [1.54, 1.807) is 24.7 Å². The number of rotatable bonds is 3. The molecule has 0 spiro atoms. The fraction of sp³-hybridized carbons (Fsp3) is 0.600. The van der Waals surface area contributed by atoms with Crippen LogP contribution in [0.2, 0.25) is 0 Å². The van der Waals surface area contributed by atoms with Crippen LogP contribution < -0.4 is 5.73 Å². The Bertz CT molecular complexity index is 377. The number of nitrogens with two attached hydrogens (primary N) is 1. The summed E-state index contributed by atoms with van der Waals surface area (Å²) in [5, 5.41) is 4.14. The van der Waals surface area contributed by atoms with Crippen LogP contribution in [0.1, 0.15) is 44.2 Å². The van der Waals surface area contributed by atoms with Gasteiger partial charge in [0, 0.05) is 6.04 Å². The molecule has 0 fully saturated rings. The topological polar surface area (TPSA) is 60.9 Å². The molecule has 4 nitrogen and oxygen atoms in total. The molecule has 0 amide bonds. The summed E-state index contributed by atoms with van der Waals surface area (Å²) in [6.07, 6.45) is 1.62. The first kappa shape index (κ1) is 12.4. The molecule has 0 saturated heterocycles. The third-order valence-electron chi connectivity index (χ3n) is 2.04. The zero-order chi connectivity index (χ0) is 11.8. The van der Waals surface area contributed by atoms with Gasteiger partial charge < -0.3 is 5.73 Å². The summed E-state index contributed by atoms with van der Waals surface area (Å²) in [4.78, 5) is 12.1. The summed E-state index contributed by atoms with van der Waals surface area (Å²) in [5.74, 6) is -0.111. The summed E-state index contributed by atoms with van der Waals surface area (Å²) in [6, 6.07) is 0.137. The number of nitrogens with zero attached hydrogens (tertiary/aromatic N) is 2. The van der Waals surface area contributed by atoms with Crippen molar-refractivity contribution in [2.75, 3.05) is 0 Å². The molecule has 0 aliphatic carbocycles. The number of halogens is 1. The zero-order valence-corrected chi connectivity index (χ0v) is 11.0. The standard InChI is InChI=1S/C10H16BrN3O/c1-6(2)14-8(7(11)5-13-14)9(15)10(3,4)12/h5-6H,12H2,1-4H3. The molecule has 0 aliphatic heterocycles. The van der Waals surface area contributed by atoms with Gasteiger partial charge in [0.15, 0.2) is 0 Å². The van der Waals surface area contributed by atoms with Gasteiger partial charge in [0.25, 0.3) is 0 Å². The van der Waals surface area contributed by atoms with Crippen LogP contribution in [0.3, 0.4) is 0 Å². The van der Waals surface area contributed by atoms with Crippen LogP contribution >= 0.6 is 15.9 Å². The Kier molecular flexibility index (Phi) is 3.35. The van der Waals surface area contributed by atoms with Crippen LogP contribution in [0, 0.1) is 0 Å². The van der Waals surface area contributed by atoms with Crippen molar-refractivity contribution < 1.29 is 4.79 Å². The van der Waals surface area contributed by atoms with Crippen molar-refractivity contribution in [3.05, 3.63) is 16.4 Å². The summed E-state index contributed by atoms with van der Waals surface area (Å²) in [5.41, 5.74) is 5.46. The Hall–Kier alpha value is -0.680. The van der Waals surface area contributed by atoms with Gasteiger partial charge >= 0.3 is 0 Å². The van der Waals surface area contributed by atoms with Crippen LogP contribution in [0.25, 0.3) is 0 Å². The van der Waals surface area contributed by atoms with Crippen molar-refractivity contribution in [3.8, 4) is 0 Å². The molecular formula is C10H16BrN3O. The molecule has 0 atom stereocenters. The van der Waals surface area contributed by atoms with Crippen molar-refractivity contribution in [1.82, 2.24) is 9.78 Å². The third kappa shape index (κ3) is 2.46. The SMILES string of the molecule is CC(C)n1ncc(Br)c1C(=O)C(C)(C)N. The van der Waals surface area contributed by atoms with Crippen LogP contribution in [0.15, 0.2) is 10.7 Å². The maximum Gasteiger partial charge on any atom is 0.201 e. The minimum atomic E-state index is -0.880. The van der Waals surface area contributed by atoms with Gasteiger partial charge in [0.2, 0.25) is 5.78 Å². The number of hydrogen-bond donors (Lipinski definition) is 1. The van der Waals surface area contributed by atoms with Crippen molar-refractivity contribution in [2.45, 2.75) is 39.3 Å². The van der Waals surface area contributed by atoms with Crippen molar-refractivity contribution in [1.29, 1.82) is 0 Å². The molecule has 15 heavy (non-hydrogen) atoms. The molecule has 1 rings (SSSR count). The molecule has 0 aliphatic rings. The highest BCUT2D eigenvalue weighted by molar-refractivity contribution is 9.10. The predicted octanol–water partition coefficient (Wildman–Crippen LogP) is 2.15. The van der Waals surface area contributed by atoms with E-state index in [-0.39, 0.29) is 11.8 Å². The van der Waals surface area contributed by atoms with Crippen LogP contribution in [-0.4, -0.2) is 21.1 Å². The monoisotopic (exact) mass is 273 g/mol. The predicted molar refractivity (Wildman–Crippen MR) is 62.9 cm³/mol. The first-order chi connectivity index (χ1) is 6.75. The van der Waals surface area contributed by atoms with Gasteiger partial charge in [-0.3, -0.25) is 9.48 Å². The molecule has 84 valence electrons. The fourth-order valence-electron chi connectivity index (χ4n) is 1.25. The second-order valence-electron chi connectivity index (χ2n) is 4.43. The highest BCUT2D eigenvalue weighted by atomic mass is 79.9. The van der Waals surface area contributed by atoms with Crippen molar-refractivity contribution in [2.24, 2.45) is 5.73 Å². The Balaban J connectivity index is 3.24. The van der Waals surface area contributed by atoms with E-state index >= 15 is 0 Å². The van der Waals surface area contributed by atoms with Crippen molar-refractivity contribution >= 4 is 21.7 Å². The van der Waals surface area contributed by atoms with E-state index < -0.39 is 5.54 Å². The van der Waals surface area contributed by atoms with Gasteiger partial charge in [0.05, 0.1) is 16.2 Å². The number of aromatic nitrogens is 2. The van der Waals surface area contributed by atoms with Gasteiger partial charge in [-0.15, -0.1) is 0 Å². The van der Waals surface area contributed by atoms with Gasteiger partial charge in [-0.05, 0) is 43.6 Å². The second kappa shape index (κ2) is 4.06. The second-order valence-corrected chi connectivity index (χ2v) is 5.28. The van der Waals surface area contributed by atoms with E-state index in [1.807, 2.05) is 13.8 Å². The molecule has 0 saturated carbocycles. The lowest BCUT2D eigenvalue weighted by atomic mass is 9.98. The average molecular weight is 274 g/mol. The maximum atomic E-state index is 12.1. The molecule has 0 unspecified atom stereocenters. The summed E-state index contributed by atoms with van der Waals surface area (Å²) in [7, 11) is 0. The van der Waals surface area contributed by atoms with E-state index in [0.29, 0.717) is 10.2 Å². The largest absolute Gasteiger partial charge is 0.319 e. The van der Waals surface area contributed by atoms with Gasteiger partial charge in [-0.2, -0.15) is 5.10 Å². The first-order valence-electron chi connectivity index (χ1n) is 4.82. The highest BCUT2D eigenvalue weighted by Gasteiger charge is 2.29. The summed E-state index contributed by atoms with van der Waals surface area (Å²) >= 11 is 3.32. The minimum absolute atomic E-state index is 0.111. The van der Waals surface area contributed by atoms with E-state index in [1.165, 1.54) is 0 Å². The summed E-state index contributed by atoms with van der Waals surface area (Å²) < 4.78 is 2.38.